The lowest BCUT2D eigenvalue weighted by atomic mass is 10.1. The second kappa shape index (κ2) is 4.84. The Balaban J connectivity index is 2.80. The van der Waals surface area contributed by atoms with Gasteiger partial charge in [0.2, 0.25) is 0 Å². The average molecular weight is 230 g/mol. The van der Waals surface area contributed by atoms with Crippen LogP contribution in [0, 0.1) is 0 Å². The molecule has 0 radical (unpaired) electrons. The maximum absolute atomic E-state index is 11.1. The van der Waals surface area contributed by atoms with Crippen molar-refractivity contribution in [3.8, 4) is 0 Å². The van der Waals surface area contributed by atoms with Crippen LogP contribution in [-0.2, 0) is 4.52 Å². The summed E-state index contributed by atoms with van der Waals surface area (Å²) in [7, 11) is -2.75. The molecule has 0 atom stereocenters. The fraction of sp³-hybridized carbons (Fsp3) is 0. The summed E-state index contributed by atoms with van der Waals surface area (Å²) in [6, 6.07) is 4.89. The second-order valence-electron chi connectivity index (χ2n) is 2.51. The summed E-state index contributed by atoms with van der Waals surface area (Å²) in [5.74, 6) is -2.02. The molecule has 0 fully saturated rings. The van der Waals surface area contributed by atoms with Crippen molar-refractivity contribution in [3.05, 3.63) is 35.4 Å². The molecule has 0 saturated heterocycles. The highest BCUT2D eigenvalue weighted by molar-refractivity contribution is 7.40. The summed E-state index contributed by atoms with van der Waals surface area (Å²) >= 11 is 0. The van der Waals surface area contributed by atoms with Gasteiger partial charge in [-0.05, 0) is 24.3 Å². The molecule has 0 spiro atoms. The van der Waals surface area contributed by atoms with Crippen LogP contribution in [0.1, 0.15) is 20.7 Å². The molecular formula is C8H7O6P. The molecule has 0 heterocycles. The van der Waals surface area contributed by atoms with E-state index in [9.17, 15) is 9.59 Å². The normalized spacial score (nSPS) is 10.1. The van der Waals surface area contributed by atoms with Crippen LogP contribution in [0.2, 0.25) is 0 Å². The van der Waals surface area contributed by atoms with Crippen molar-refractivity contribution >= 4 is 20.5 Å². The summed E-state index contributed by atoms with van der Waals surface area (Å²) in [5, 5.41) is 8.57. The number of carboxylic acids is 1. The zero-order chi connectivity index (χ0) is 11.4. The maximum atomic E-state index is 11.1. The van der Waals surface area contributed by atoms with Gasteiger partial charge in [-0.15, -0.1) is 0 Å². The molecule has 0 saturated carbocycles. The second-order valence-corrected chi connectivity index (χ2v) is 3.20. The summed E-state index contributed by atoms with van der Waals surface area (Å²) in [6.07, 6.45) is 0. The van der Waals surface area contributed by atoms with Crippen LogP contribution < -0.4 is 0 Å². The SMILES string of the molecule is O=C(O)c1ccc(C(=O)OP(O)O)cc1. The molecule has 15 heavy (non-hydrogen) atoms. The molecule has 0 aliphatic rings. The Kier molecular flexibility index (Phi) is 3.74. The lowest BCUT2D eigenvalue weighted by molar-refractivity contribution is 0.0687. The number of carbonyl (C=O) groups is 2. The summed E-state index contributed by atoms with van der Waals surface area (Å²) in [6.45, 7) is 0. The molecule has 0 amide bonds. The van der Waals surface area contributed by atoms with Crippen LogP contribution in [-0.4, -0.2) is 26.8 Å². The molecule has 1 aromatic rings. The van der Waals surface area contributed by atoms with Crippen molar-refractivity contribution in [2.45, 2.75) is 0 Å². The van der Waals surface area contributed by atoms with Gasteiger partial charge in [0, 0.05) is 0 Å². The molecule has 0 aliphatic heterocycles. The monoisotopic (exact) mass is 230 g/mol. The van der Waals surface area contributed by atoms with E-state index in [-0.39, 0.29) is 11.1 Å². The first-order valence-corrected chi connectivity index (χ1v) is 4.91. The van der Waals surface area contributed by atoms with Crippen LogP contribution in [0.4, 0.5) is 0 Å². The highest BCUT2D eigenvalue weighted by Gasteiger charge is 2.12. The van der Waals surface area contributed by atoms with Crippen LogP contribution >= 0.6 is 8.60 Å². The minimum absolute atomic E-state index is 0.0295. The minimum atomic E-state index is -2.75. The first kappa shape index (κ1) is 11.6. The van der Waals surface area contributed by atoms with E-state index in [4.69, 9.17) is 14.9 Å². The maximum Gasteiger partial charge on any atom is 0.394 e. The number of hydrogen-bond donors (Lipinski definition) is 3. The predicted octanol–water partition coefficient (Wildman–Crippen LogP) is 0.753. The largest absolute Gasteiger partial charge is 0.478 e. The number of rotatable bonds is 3. The predicted molar refractivity (Wildman–Crippen MR) is 50.2 cm³/mol. The summed E-state index contributed by atoms with van der Waals surface area (Å²) in [5.41, 5.74) is 0.0809. The Morgan fingerprint density at radius 2 is 1.53 bits per heavy atom. The van der Waals surface area contributed by atoms with Gasteiger partial charge in [0.05, 0.1) is 11.1 Å². The zero-order valence-corrected chi connectivity index (χ0v) is 8.22. The Bertz CT molecular complexity index is 371. The fourth-order valence-electron chi connectivity index (χ4n) is 0.876. The van der Waals surface area contributed by atoms with Gasteiger partial charge >= 0.3 is 20.5 Å². The Hall–Kier alpha value is -1.49. The number of carboxylic acid groups (broad SMARTS) is 1. The molecule has 1 rings (SSSR count). The van der Waals surface area contributed by atoms with Gasteiger partial charge in [0.25, 0.3) is 0 Å². The smallest absolute Gasteiger partial charge is 0.394 e. The van der Waals surface area contributed by atoms with Crippen molar-refractivity contribution in [1.82, 2.24) is 0 Å². The van der Waals surface area contributed by atoms with E-state index in [0.717, 1.165) is 0 Å². The Morgan fingerprint density at radius 3 is 1.93 bits per heavy atom. The van der Waals surface area contributed by atoms with Crippen LogP contribution in [0.15, 0.2) is 24.3 Å². The molecule has 7 heteroatoms. The van der Waals surface area contributed by atoms with Crippen LogP contribution in [0.5, 0.6) is 0 Å². The van der Waals surface area contributed by atoms with Crippen LogP contribution in [0.25, 0.3) is 0 Å². The zero-order valence-electron chi connectivity index (χ0n) is 7.32. The van der Waals surface area contributed by atoms with Crippen molar-refractivity contribution in [2.24, 2.45) is 0 Å². The molecule has 0 aliphatic carbocycles. The molecule has 80 valence electrons. The van der Waals surface area contributed by atoms with E-state index >= 15 is 0 Å². The van der Waals surface area contributed by atoms with E-state index < -0.39 is 20.5 Å². The first-order chi connectivity index (χ1) is 7.00. The third-order valence-electron chi connectivity index (χ3n) is 1.53. The Morgan fingerprint density at radius 1 is 1.07 bits per heavy atom. The van der Waals surface area contributed by atoms with Gasteiger partial charge in [0.1, 0.15) is 0 Å². The number of hydrogen-bond acceptors (Lipinski definition) is 5. The number of aromatic carboxylic acids is 1. The van der Waals surface area contributed by atoms with Crippen molar-refractivity contribution in [1.29, 1.82) is 0 Å². The molecule has 0 aromatic heterocycles. The molecule has 1 aromatic carbocycles. The molecule has 0 unspecified atom stereocenters. The Labute approximate surface area is 85.7 Å². The topological polar surface area (TPSA) is 104 Å². The van der Waals surface area contributed by atoms with Crippen molar-refractivity contribution in [2.75, 3.05) is 0 Å². The highest BCUT2D eigenvalue weighted by atomic mass is 31.2. The quantitative estimate of drug-likeness (QED) is 0.662. The van der Waals surface area contributed by atoms with Gasteiger partial charge in [-0.1, -0.05) is 0 Å². The van der Waals surface area contributed by atoms with E-state index in [0.29, 0.717) is 0 Å². The van der Waals surface area contributed by atoms with Gasteiger partial charge in [-0.3, -0.25) is 0 Å². The third-order valence-corrected chi connectivity index (χ3v) is 1.86. The van der Waals surface area contributed by atoms with Gasteiger partial charge in [-0.25, -0.2) is 9.59 Å². The minimum Gasteiger partial charge on any atom is -0.478 e. The lowest BCUT2D eigenvalue weighted by Crippen LogP contribution is -2.02. The van der Waals surface area contributed by atoms with E-state index in [1.54, 1.807) is 0 Å². The standard InChI is InChI=1S/C8H7O6P/c9-7(10)5-1-3-6(4-2-5)8(11)14-15(12)13/h1-4,12-13H,(H,9,10). The van der Waals surface area contributed by atoms with Gasteiger partial charge in [-0.2, -0.15) is 0 Å². The first-order valence-electron chi connectivity index (χ1n) is 3.74. The van der Waals surface area contributed by atoms with Crippen LogP contribution in [0.3, 0.4) is 0 Å². The molecular weight excluding hydrogens is 223 g/mol. The van der Waals surface area contributed by atoms with Gasteiger partial charge < -0.3 is 19.4 Å². The average Bonchev–Trinajstić information content (AvgIpc) is 2.17. The summed E-state index contributed by atoms with van der Waals surface area (Å²) in [4.78, 5) is 38.3. The van der Waals surface area contributed by atoms with E-state index in [1.807, 2.05) is 0 Å². The lowest BCUT2D eigenvalue weighted by Gasteiger charge is -2.03. The van der Waals surface area contributed by atoms with E-state index in [2.05, 4.69) is 4.52 Å². The third kappa shape index (κ3) is 3.28. The fourth-order valence-corrected chi connectivity index (χ4v) is 1.13. The van der Waals surface area contributed by atoms with Crippen molar-refractivity contribution < 1.29 is 29.0 Å². The van der Waals surface area contributed by atoms with E-state index in [1.165, 1.54) is 24.3 Å². The van der Waals surface area contributed by atoms with Crippen molar-refractivity contribution in [3.63, 3.8) is 0 Å². The number of benzene rings is 1. The molecule has 0 bridgehead atoms. The summed E-state index contributed by atoms with van der Waals surface area (Å²) < 4.78 is 4.13. The van der Waals surface area contributed by atoms with Gasteiger partial charge in [0.15, 0.2) is 0 Å². The molecule has 6 nitrogen and oxygen atoms in total. The highest BCUT2D eigenvalue weighted by Crippen LogP contribution is 2.26. The molecule has 3 N–H and O–H groups in total. The number of carbonyl (C=O) groups excluding carboxylic acids is 1.